The predicted molar refractivity (Wildman–Crippen MR) is 237 cm³/mol. The zero-order valence-electron chi connectivity index (χ0n) is 37.0. The number of carbonyl (C=O) groups excluding carboxylic acids is 4. The minimum atomic E-state index is -0.642. The summed E-state index contributed by atoms with van der Waals surface area (Å²) in [6.45, 7) is 11.1. The van der Waals surface area contributed by atoms with Crippen LogP contribution in [0.3, 0.4) is 0 Å². The second kappa shape index (κ2) is 16.5. The Kier molecular flexibility index (Phi) is 11.0. The lowest BCUT2D eigenvalue weighted by molar-refractivity contribution is -0.141. The van der Waals surface area contributed by atoms with E-state index < -0.39 is 17.6 Å². The van der Waals surface area contributed by atoms with Gasteiger partial charge in [0.15, 0.2) is 0 Å². The van der Waals surface area contributed by atoms with Crippen LogP contribution in [0.2, 0.25) is 0 Å². The maximum Gasteiger partial charge on any atom is 0.407 e. The third kappa shape index (κ3) is 7.79. The zero-order chi connectivity index (χ0) is 44.3. The number of benzene rings is 2. The normalized spacial score (nSPS) is 25.3. The summed E-state index contributed by atoms with van der Waals surface area (Å²) in [5.41, 5.74) is 5.79. The summed E-state index contributed by atoms with van der Waals surface area (Å²) in [5, 5.41) is 6.61. The van der Waals surface area contributed by atoms with Gasteiger partial charge in [-0.05, 0) is 84.2 Å². The van der Waals surface area contributed by atoms with Gasteiger partial charge >= 0.3 is 12.2 Å². The van der Waals surface area contributed by atoms with E-state index in [1.165, 1.54) is 14.2 Å². The fourth-order valence-corrected chi connectivity index (χ4v) is 10.2. The van der Waals surface area contributed by atoms with Crippen LogP contribution in [0.4, 0.5) is 9.59 Å². The van der Waals surface area contributed by atoms with E-state index in [0.29, 0.717) is 24.8 Å². The molecule has 63 heavy (non-hydrogen) atoms. The van der Waals surface area contributed by atoms with Gasteiger partial charge in [0.25, 0.3) is 0 Å². The van der Waals surface area contributed by atoms with Gasteiger partial charge in [-0.25, -0.2) is 24.5 Å². The number of alkyl carbamates (subject to hydrolysis) is 2. The number of hydrogen-bond acceptors (Lipinski definition) is 9. The molecule has 0 bridgehead atoms. The summed E-state index contributed by atoms with van der Waals surface area (Å²) in [5.74, 6) is 2.11. The van der Waals surface area contributed by atoms with Gasteiger partial charge in [0.05, 0.1) is 72.6 Å². The zero-order valence-corrected chi connectivity index (χ0v) is 37.0. The average molecular weight is 856 g/mol. The fraction of sp³-hybridized carbons (Fsp3) is 0.479. The first-order valence-electron chi connectivity index (χ1n) is 22.2. The smallest absolute Gasteiger partial charge is 0.407 e. The van der Waals surface area contributed by atoms with Crippen molar-refractivity contribution in [3.63, 3.8) is 0 Å². The van der Waals surface area contributed by atoms with Gasteiger partial charge in [-0.15, -0.1) is 0 Å². The molecular formula is C48H57N9O6. The van der Waals surface area contributed by atoms with Crippen molar-refractivity contribution in [2.24, 2.45) is 35.0 Å². The molecule has 3 aromatic heterocycles. The molecule has 5 aromatic rings. The SMILES string of the molecule is COC(=O)NC[C@H](C(=O)N1C[C@H](C)C[C@H]1c1ncc(-c2ccc(-c3ccc4nc(-c5cnc([C@@H]6C[C@H]7C[C@H]7N6C(=O)C6(C(C)C)CC6NC(=O)OC)[nH]5)ccc4c3)cc2)[nH]1)C(C)C. The summed E-state index contributed by atoms with van der Waals surface area (Å²) < 4.78 is 9.58. The highest BCUT2D eigenvalue weighted by Gasteiger charge is 2.68. The second-order valence-electron chi connectivity index (χ2n) is 18.7. The maximum absolute atomic E-state index is 14.3. The number of rotatable bonds is 12. The van der Waals surface area contributed by atoms with Crippen molar-refractivity contribution < 1.29 is 28.7 Å². The number of aromatic nitrogens is 5. The molecule has 15 heteroatoms. The lowest BCUT2D eigenvalue weighted by Gasteiger charge is -2.32. The number of likely N-dealkylation sites (tertiary alicyclic amines) is 2. The topological polar surface area (TPSA) is 188 Å². The number of amides is 4. The molecule has 0 radical (unpaired) electrons. The first kappa shape index (κ1) is 42.1. The molecular weight excluding hydrogens is 799 g/mol. The Morgan fingerprint density at radius 3 is 2.22 bits per heavy atom. The van der Waals surface area contributed by atoms with Crippen LogP contribution in [0.5, 0.6) is 0 Å². The van der Waals surface area contributed by atoms with Gasteiger partial charge in [0, 0.05) is 30.6 Å². The maximum atomic E-state index is 14.3. The molecule has 4 aliphatic rings. The number of pyridine rings is 1. The highest BCUT2D eigenvalue weighted by atomic mass is 16.5. The number of methoxy groups -OCH3 is 2. The van der Waals surface area contributed by atoms with Gasteiger partial charge in [0.2, 0.25) is 11.8 Å². The Labute approximate surface area is 367 Å². The summed E-state index contributed by atoms with van der Waals surface area (Å²) in [7, 11) is 2.66. The number of carbonyl (C=O) groups is 4. The molecule has 330 valence electrons. The number of hydrogen-bond donors (Lipinski definition) is 4. The van der Waals surface area contributed by atoms with Crippen LogP contribution in [0.25, 0.3) is 44.7 Å². The van der Waals surface area contributed by atoms with Gasteiger partial charge < -0.3 is 39.9 Å². The van der Waals surface area contributed by atoms with E-state index in [9.17, 15) is 19.2 Å². The van der Waals surface area contributed by atoms with Crippen LogP contribution in [0, 0.1) is 35.0 Å². The molecule has 8 atom stereocenters. The van der Waals surface area contributed by atoms with Crippen molar-refractivity contribution in [3.8, 4) is 33.8 Å². The van der Waals surface area contributed by atoms with Crippen LogP contribution in [-0.2, 0) is 19.1 Å². The first-order valence-corrected chi connectivity index (χ1v) is 22.2. The summed E-state index contributed by atoms with van der Waals surface area (Å²) in [4.78, 5) is 77.6. The Morgan fingerprint density at radius 2 is 1.51 bits per heavy atom. The largest absolute Gasteiger partial charge is 0.453 e. The van der Waals surface area contributed by atoms with E-state index in [1.807, 2.05) is 48.2 Å². The number of nitrogens with zero attached hydrogens (tertiary/aromatic N) is 5. The monoisotopic (exact) mass is 855 g/mol. The van der Waals surface area contributed by atoms with E-state index in [4.69, 9.17) is 24.4 Å². The van der Waals surface area contributed by atoms with Crippen LogP contribution in [0.15, 0.2) is 67.0 Å². The third-order valence-electron chi connectivity index (χ3n) is 14.1. The lowest BCUT2D eigenvalue weighted by atomic mass is 9.89. The standard InChI is InChI=1S/C48H57N9O6/c1-25(2)33(21-51-46(60)62-6)44(58)56-24-27(5)16-39(56)42-49-22-36(53-42)29-10-8-28(9-11-29)30-12-14-34-31(17-30)13-15-35(52-34)37-23-50-43(54-37)40-19-32-18-38(32)57(40)45(59)48(26(3)4)20-41(48)55-47(61)63-7/h8-15,17,22-23,25-27,32-33,38-41H,16,18-21,24H2,1-7H3,(H,49,53)(H,50,54)(H,51,60)(H,55,61)/t27-,32-,33+,38-,39+,40+,41?,48?/m1/s1. The molecule has 0 spiro atoms. The average Bonchev–Trinajstić information content (AvgIpc) is 3.80. The molecule has 9 rings (SSSR count). The van der Waals surface area contributed by atoms with Crippen LogP contribution in [0.1, 0.15) is 84.0 Å². The molecule has 2 aliphatic carbocycles. The van der Waals surface area contributed by atoms with Gasteiger partial charge in [-0.3, -0.25) is 9.59 Å². The number of nitrogens with one attached hydrogen (secondary N) is 4. The molecule has 4 N–H and O–H groups in total. The molecule has 15 nitrogen and oxygen atoms in total. The van der Waals surface area contributed by atoms with Crippen LogP contribution < -0.4 is 10.6 Å². The molecule has 2 saturated heterocycles. The third-order valence-corrected chi connectivity index (χ3v) is 14.1. The van der Waals surface area contributed by atoms with E-state index in [2.05, 4.69) is 83.8 Å². The number of piperidine rings is 1. The van der Waals surface area contributed by atoms with Crippen LogP contribution in [-0.4, -0.2) is 98.1 Å². The Balaban J connectivity index is 0.872. The molecule has 4 fully saturated rings. The minimum Gasteiger partial charge on any atom is -0.453 e. The lowest BCUT2D eigenvalue weighted by Crippen LogP contribution is -2.45. The molecule has 2 saturated carbocycles. The number of ether oxygens (including phenoxy) is 2. The Morgan fingerprint density at radius 1 is 0.825 bits per heavy atom. The summed E-state index contributed by atoms with van der Waals surface area (Å²) in [6, 6.07) is 18.3. The highest BCUT2D eigenvalue weighted by Crippen LogP contribution is 2.60. The number of imidazole rings is 2. The van der Waals surface area contributed by atoms with E-state index in [0.717, 1.165) is 75.6 Å². The first-order chi connectivity index (χ1) is 30.3. The number of fused-ring (bicyclic) bond motifs is 2. The predicted octanol–water partition coefficient (Wildman–Crippen LogP) is 7.65. The minimum absolute atomic E-state index is 0.00680. The number of H-pyrrole nitrogens is 2. The Bertz CT molecular complexity index is 2550. The van der Waals surface area contributed by atoms with Gasteiger partial charge in [-0.1, -0.05) is 71.0 Å². The molecule has 2 aromatic carbocycles. The van der Waals surface area contributed by atoms with Crippen molar-refractivity contribution in [1.82, 2.24) is 45.4 Å². The van der Waals surface area contributed by atoms with E-state index in [1.54, 1.807) is 0 Å². The van der Waals surface area contributed by atoms with Crippen molar-refractivity contribution in [2.75, 3.05) is 27.3 Å². The molecule has 2 aliphatic heterocycles. The summed E-state index contributed by atoms with van der Waals surface area (Å²) in [6.07, 6.45) is 5.87. The molecule has 4 amide bonds. The van der Waals surface area contributed by atoms with E-state index >= 15 is 0 Å². The van der Waals surface area contributed by atoms with Gasteiger partial charge in [-0.2, -0.15) is 0 Å². The van der Waals surface area contributed by atoms with E-state index in [-0.39, 0.29) is 60.3 Å². The van der Waals surface area contributed by atoms with Crippen molar-refractivity contribution >= 4 is 34.9 Å². The molecule has 2 unspecified atom stereocenters. The summed E-state index contributed by atoms with van der Waals surface area (Å²) >= 11 is 0. The van der Waals surface area contributed by atoms with Crippen molar-refractivity contribution in [1.29, 1.82) is 0 Å². The van der Waals surface area contributed by atoms with Crippen LogP contribution >= 0.6 is 0 Å². The van der Waals surface area contributed by atoms with Crippen molar-refractivity contribution in [2.45, 2.75) is 84.5 Å². The second-order valence-corrected chi connectivity index (χ2v) is 18.7. The quantitative estimate of drug-likeness (QED) is 0.0978. The number of aromatic amines is 2. The molecule has 5 heterocycles. The highest BCUT2D eigenvalue weighted by molar-refractivity contribution is 5.90. The Hall–Kier alpha value is -6.25. The van der Waals surface area contributed by atoms with Gasteiger partial charge in [0.1, 0.15) is 11.6 Å². The fourth-order valence-electron chi connectivity index (χ4n) is 10.2. The van der Waals surface area contributed by atoms with Crippen molar-refractivity contribution in [3.05, 3.63) is 78.6 Å².